The molecular weight excluding hydrogens is 1780 g/mol. The Morgan fingerprint density at radius 1 is 0.117 bits per heavy atom. The topological polar surface area (TPSA) is 316 Å². The van der Waals surface area contributed by atoms with Gasteiger partial charge in [-0.3, -0.25) is 0 Å². The third-order valence-electron chi connectivity index (χ3n) is 21.1. The third-order valence-corrected chi connectivity index (χ3v) is 21.1. The second kappa shape index (κ2) is 99.3. The molecule has 0 amide bonds. The number of ether oxygens (including phenoxy) is 32. The molecule has 824 valence electrons. The maximum Gasteiger partial charge on any atom is 0.0781 e. The fraction of sp³-hybridized carbons (Fsp3) is 1.00. The van der Waals surface area contributed by atoms with E-state index in [4.69, 9.17) is 152 Å². The van der Waals surface area contributed by atoms with E-state index in [1.165, 1.54) is 96.3 Å². The zero-order chi connectivity index (χ0) is 101. The minimum atomic E-state index is -0.502. The van der Waals surface area contributed by atoms with E-state index < -0.39 is 6.10 Å². The molecule has 0 aromatic heterocycles. The summed E-state index contributed by atoms with van der Waals surface area (Å²) in [4.78, 5) is 0. The van der Waals surface area contributed by atoms with Crippen LogP contribution in [-0.2, 0) is 152 Å². The molecular formula is C104H210O33. The van der Waals surface area contributed by atoms with Crippen LogP contribution in [0, 0.1) is 0 Å². The van der Waals surface area contributed by atoms with Gasteiger partial charge >= 0.3 is 0 Å². The first-order chi connectivity index (χ1) is 66.0. The molecule has 1 N–H and O–H groups in total. The van der Waals surface area contributed by atoms with Crippen molar-refractivity contribution in [3.63, 3.8) is 0 Å². The molecule has 33 nitrogen and oxygen atoms in total. The molecule has 0 radical (unpaired) electrons. The van der Waals surface area contributed by atoms with Gasteiger partial charge in [-0.15, -0.1) is 0 Å². The van der Waals surface area contributed by atoms with Gasteiger partial charge in [-0.05, 0) is 159 Å². The Morgan fingerprint density at radius 2 is 0.219 bits per heavy atom. The van der Waals surface area contributed by atoms with E-state index >= 15 is 0 Å². The molecule has 0 bridgehead atoms. The van der Waals surface area contributed by atoms with Gasteiger partial charge in [-0.2, -0.15) is 0 Å². The summed E-state index contributed by atoms with van der Waals surface area (Å²) in [5, 5.41) is 9.39. The van der Waals surface area contributed by atoms with E-state index in [-0.39, 0.29) is 135 Å². The van der Waals surface area contributed by atoms with Gasteiger partial charge in [0, 0.05) is 6.61 Å². The standard InChI is InChI=1S/C104H210O33/c1-24-25-26-27-28-29-30-31-32-33-34-35-36-37-38-39-40-106-41-42-107-43-44-108-45-46-109-47-48-110-49-50-111-51-52-112-53-54-113-55-56-114-57-58-115-59-60-116-62-84(3)118-64-86(5)120-66-88(7)122-68-90(9)124-70-92(11)126-72-94(13)128-74-96(15)130-76-98(17)132-78-100(19)134-80-102(21)136-82-104(23)137-81-103(22)135-79-101(20)133-77-99(18)131-75-97(16)129-73-95(14)127-71-93(12)125-69-91(10)123-67-89(8)121-65-87(6)119-63-85(4)117-61-83(2)105/h83-105H,24-82H2,1-23H3. The summed E-state index contributed by atoms with van der Waals surface area (Å²) in [7, 11) is 0. The lowest BCUT2D eigenvalue weighted by Crippen LogP contribution is -2.31. The summed E-state index contributed by atoms with van der Waals surface area (Å²) in [6, 6.07) is 0. The number of hydrogen-bond acceptors (Lipinski definition) is 33. The lowest BCUT2D eigenvalue weighted by atomic mass is 10.0. The normalized spacial score (nSPS) is 17.2. The van der Waals surface area contributed by atoms with Gasteiger partial charge in [0.2, 0.25) is 0 Å². The Labute approximate surface area is 833 Å². The lowest BCUT2D eigenvalue weighted by Gasteiger charge is -2.24. The van der Waals surface area contributed by atoms with Crippen LogP contribution in [-0.4, -0.2) is 423 Å². The maximum absolute atomic E-state index is 9.39. The SMILES string of the molecule is CCCCCCCCCCCCCCCCCCOCCOCCOCCOCCOCCOCCOCCOCCOCCOCCOCC(C)OCC(C)OCC(C)OCC(C)OCC(C)OCC(C)OCC(C)OCC(C)OCC(C)OCC(C)OCC(C)OCC(C)OCC(C)OCC(C)OCC(C)OCC(C)OCC(C)OCC(C)OCC(C)OCC(C)OCC(C)OCC(C)O. The van der Waals surface area contributed by atoms with Crippen molar-refractivity contribution in [2.75, 3.05) is 284 Å². The average molecular weight is 1990 g/mol. The molecule has 33 heteroatoms. The van der Waals surface area contributed by atoms with Crippen molar-refractivity contribution in [2.45, 2.75) is 396 Å². The predicted molar refractivity (Wildman–Crippen MR) is 534 cm³/mol. The molecule has 0 saturated heterocycles. The van der Waals surface area contributed by atoms with Gasteiger partial charge in [0.05, 0.1) is 412 Å². The number of hydrogen-bond donors (Lipinski definition) is 1. The van der Waals surface area contributed by atoms with Crippen LogP contribution in [0.4, 0.5) is 0 Å². The van der Waals surface area contributed by atoms with Gasteiger partial charge in [-0.1, -0.05) is 103 Å². The Morgan fingerprint density at radius 3 is 0.350 bits per heavy atom. The fourth-order valence-electron chi connectivity index (χ4n) is 12.5. The van der Waals surface area contributed by atoms with Crippen LogP contribution in [0.5, 0.6) is 0 Å². The Kier molecular flexibility index (Phi) is 98.3. The first kappa shape index (κ1) is 136. The van der Waals surface area contributed by atoms with Crippen LogP contribution in [0.2, 0.25) is 0 Å². The zero-order valence-corrected chi connectivity index (χ0v) is 90.9. The van der Waals surface area contributed by atoms with Crippen molar-refractivity contribution >= 4 is 0 Å². The summed E-state index contributed by atoms with van der Waals surface area (Å²) >= 11 is 0. The smallest absolute Gasteiger partial charge is 0.0781 e. The third kappa shape index (κ3) is 100. The average Bonchev–Trinajstić information content (AvgIpc) is 0.977. The predicted octanol–water partition coefficient (Wildman–Crippen LogP) is 15.3. The quantitative estimate of drug-likeness (QED) is 0.0553. The minimum Gasteiger partial charge on any atom is -0.391 e. The number of rotatable bonds is 112. The van der Waals surface area contributed by atoms with Crippen molar-refractivity contribution in [1.29, 1.82) is 0 Å². The molecule has 0 aromatic carbocycles. The molecule has 22 atom stereocenters. The maximum atomic E-state index is 9.39. The highest BCUT2D eigenvalue weighted by atomic mass is 16.6. The molecule has 0 aliphatic carbocycles. The lowest BCUT2D eigenvalue weighted by molar-refractivity contribution is -0.117. The monoisotopic (exact) mass is 1990 g/mol. The van der Waals surface area contributed by atoms with Crippen molar-refractivity contribution in [3.8, 4) is 0 Å². The van der Waals surface area contributed by atoms with Gasteiger partial charge in [0.15, 0.2) is 0 Å². The van der Waals surface area contributed by atoms with Crippen LogP contribution in [0.25, 0.3) is 0 Å². The summed E-state index contributed by atoms with van der Waals surface area (Å²) in [6.45, 7) is 65.8. The van der Waals surface area contributed by atoms with Crippen molar-refractivity contribution in [1.82, 2.24) is 0 Å². The summed E-state index contributed by atoms with van der Waals surface area (Å²) < 4.78 is 188. The van der Waals surface area contributed by atoms with Crippen LogP contribution in [0.15, 0.2) is 0 Å². The molecule has 137 heavy (non-hydrogen) atoms. The second-order valence-electron chi connectivity index (χ2n) is 37.4. The van der Waals surface area contributed by atoms with Gasteiger partial charge in [0.1, 0.15) is 0 Å². The number of unbranched alkanes of at least 4 members (excludes halogenated alkanes) is 15. The molecule has 0 rings (SSSR count). The van der Waals surface area contributed by atoms with Crippen LogP contribution in [0.1, 0.15) is 262 Å². The highest BCUT2D eigenvalue weighted by Crippen LogP contribution is 2.17. The van der Waals surface area contributed by atoms with E-state index in [1.54, 1.807) is 6.92 Å². The fourth-order valence-corrected chi connectivity index (χ4v) is 12.5. The Bertz CT molecular complexity index is 2400. The van der Waals surface area contributed by atoms with Crippen molar-refractivity contribution < 1.29 is 157 Å². The van der Waals surface area contributed by atoms with Crippen LogP contribution >= 0.6 is 0 Å². The van der Waals surface area contributed by atoms with E-state index in [2.05, 4.69) is 6.92 Å². The Hall–Kier alpha value is -1.32. The molecule has 0 heterocycles. The van der Waals surface area contributed by atoms with Gasteiger partial charge < -0.3 is 157 Å². The van der Waals surface area contributed by atoms with Crippen LogP contribution < -0.4 is 0 Å². The summed E-state index contributed by atoms with van der Waals surface area (Å²) in [5.74, 6) is 0. The highest BCUT2D eigenvalue weighted by Gasteiger charge is 2.22. The molecule has 0 spiro atoms. The van der Waals surface area contributed by atoms with Crippen molar-refractivity contribution in [3.05, 3.63) is 0 Å². The van der Waals surface area contributed by atoms with E-state index in [0.29, 0.717) is 271 Å². The van der Waals surface area contributed by atoms with E-state index in [0.717, 1.165) is 13.0 Å². The molecule has 0 fully saturated rings. The summed E-state index contributed by atoms with van der Waals surface area (Å²) in [6.07, 6.45) is 19.0. The van der Waals surface area contributed by atoms with E-state index in [1.807, 2.05) is 145 Å². The molecule has 0 aliphatic rings. The summed E-state index contributed by atoms with van der Waals surface area (Å²) in [5.41, 5.74) is 0. The van der Waals surface area contributed by atoms with Gasteiger partial charge in [-0.25, -0.2) is 0 Å². The largest absolute Gasteiger partial charge is 0.391 e. The van der Waals surface area contributed by atoms with Gasteiger partial charge in [0.25, 0.3) is 0 Å². The molecule has 0 aliphatic heterocycles. The number of aliphatic hydroxyl groups is 1. The minimum absolute atomic E-state index is 0.0963. The van der Waals surface area contributed by atoms with Crippen LogP contribution in [0.3, 0.4) is 0 Å². The molecule has 0 aromatic rings. The highest BCUT2D eigenvalue weighted by molar-refractivity contribution is 4.67. The first-order valence-electron chi connectivity index (χ1n) is 53.0. The molecule has 0 saturated carbocycles. The van der Waals surface area contributed by atoms with E-state index in [9.17, 15) is 5.11 Å². The second-order valence-corrected chi connectivity index (χ2v) is 37.4. The van der Waals surface area contributed by atoms with Crippen molar-refractivity contribution in [2.24, 2.45) is 0 Å². The number of aliphatic hydroxyl groups excluding tert-OH is 1. The first-order valence-corrected chi connectivity index (χ1v) is 53.0. The Balaban J connectivity index is 3.77. The zero-order valence-electron chi connectivity index (χ0n) is 90.9. The molecule has 22 unspecified atom stereocenters.